The third-order valence-electron chi connectivity index (χ3n) is 10.1. The van der Waals surface area contributed by atoms with E-state index in [-0.39, 0.29) is 36.4 Å². The highest BCUT2D eigenvalue weighted by Gasteiger charge is 2.51. The normalized spacial score (nSPS) is 49.4. The second-order valence-electron chi connectivity index (χ2n) is 13.2. The Morgan fingerprint density at radius 3 is 2.19 bits per heavy atom. The van der Waals surface area contributed by atoms with Crippen molar-refractivity contribution in [2.45, 2.75) is 144 Å². The van der Waals surface area contributed by atoms with Gasteiger partial charge in [0.2, 0.25) is 0 Å². The van der Waals surface area contributed by atoms with Crippen LogP contribution in [-0.2, 0) is 23.7 Å². The smallest absolute Gasteiger partial charge is 0.330 e. The lowest BCUT2D eigenvalue weighted by molar-refractivity contribution is -0.333. The van der Waals surface area contributed by atoms with E-state index in [1.807, 2.05) is 0 Å². The van der Waals surface area contributed by atoms with E-state index in [4.69, 9.17) is 18.9 Å². The maximum Gasteiger partial charge on any atom is 0.330 e. The fourth-order valence-electron chi connectivity index (χ4n) is 7.48. The van der Waals surface area contributed by atoms with Crippen molar-refractivity contribution < 1.29 is 64.6 Å². The Labute approximate surface area is 251 Å². The number of aliphatic hydroxyl groups excluding tert-OH is 8. The molecule has 14 unspecified atom stereocenters. The summed E-state index contributed by atoms with van der Waals surface area (Å²) in [6, 6.07) is 0. The average molecular weight is 617 g/mol. The predicted molar refractivity (Wildman–Crippen MR) is 147 cm³/mol. The highest BCUT2D eigenvalue weighted by molar-refractivity contribution is 5.81. The fraction of sp³-hybridized carbons (Fsp3) is 0.900. The Morgan fingerprint density at radius 2 is 1.47 bits per heavy atom. The van der Waals surface area contributed by atoms with Gasteiger partial charge in [-0.15, -0.1) is 0 Å². The summed E-state index contributed by atoms with van der Waals surface area (Å²) >= 11 is 0. The van der Waals surface area contributed by atoms with E-state index in [0.29, 0.717) is 57.8 Å². The van der Waals surface area contributed by atoms with Crippen molar-refractivity contribution in [3.05, 3.63) is 12.2 Å². The SMILES string of the molecule is O=C(C=CC1CCC(O)C(O)C1)OCC1OC(OC2CC3C(O)CC(O)CC3OC2C2CCC(O)CC2)C(O)C(O)C1O. The van der Waals surface area contributed by atoms with Gasteiger partial charge in [-0.05, 0) is 76.0 Å². The van der Waals surface area contributed by atoms with Crippen LogP contribution in [0, 0.1) is 17.8 Å². The first kappa shape index (κ1) is 33.1. The minimum atomic E-state index is -1.65. The van der Waals surface area contributed by atoms with Gasteiger partial charge in [0.25, 0.3) is 0 Å². The first-order valence-electron chi connectivity index (χ1n) is 15.8. The second kappa shape index (κ2) is 14.5. The molecule has 0 aromatic carbocycles. The Bertz CT molecular complexity index is 941. The maximum absolute atomic E-state index is 12.4. The molecule has 0 aromatic rings. The average Bonchev–Trinajstić information content (AvgIpc) is 2.97. The number of allylic oxidation sites excluding steroid dienone is 1. The minimum absolute atomic E-state index is 0.0267. The molecule has 0 bridgehead atoms. The van der Waals surface area contributed by atoms with Gasteiger partial charge in [-0.3, -0.25) is 0 Å². The Kier molecular flexibility index (Phi) is 11.1. The van der Waals surface area contributed by atoms with Crippen LogP contribution in [0.5, 0.6) is 0 Å². The van der Waals surface area contributed by atoms with Gasteiger partial charge in [0, 0.05) is 12.0 Å². The molecule has 0 radical (unpaired) electrons. The van der Waals surface area contributed by atoms with Gasteiger partial charge in [-0.2, -0.15) is 0 Å². The molecule has 13 heteroatoms. The van der Waals surface area contributed by atoms with E-state index >= 15 is 0 Å². The van der Waals surface area contributed by atoms with Crippen LogP contribution in [0.25, 0.3) is 0 Å². The zero-order valence-electron chi connectivity index (χ0n) is 24.3. The van der Waals surface area contributed by atoms with Crippen LogP contribution in [0.15, 0.2) is 12.2 Å². The summed E-state index contributed by atoms with van der Waals surface area (Å²) in [5.41, 5.74) is 0. The lowest BCUT2D eigenvalue weighted by Gasteiger charge is -2.51. The molecule has 43 heavy (non-hydrogen) atoms. The van der Waals surface area contributed by atoms with Gasteiger partial charge in [0.1, 0.15) is 31.0 Å². The molecular formula is C30H48O13. The van der Waals surface area contributed by atoms with Crippen molar-refractivity contribution in [1.29, 1.82) is 0 Å². The number of carbonyl (C=O) groups is 1. The summed E-state index contributed by atoms with van der Waals surface area (Å²) < 4.78 is 23.8. The maximum atomic E-state index is 12.4. The third-order valence-corrected chi connectivity index (χ3v) is 10.1. The summed E-state index contributed by atoms with van der Waals surface area (Å²) in [4.78, 5) is 12.4. The Hall–Kier alpha value is -1.23. The van der Waals surface area contributed by atoms with Crippen LogP contribution < -0.4 is 0 Å². The Balaban J connectivity index is 1.22. The van der Waals surface area contributed by atoms with Crippen LogP contribution in [0.2, 0.25) is 0 Å². The molecule has 0 aromatic heterocycles. The first-order chi connectivity index (χ1) is 20.5. The van der Waals surface area contributed by atoms with Crippen molar-refractivity contribution in [1.82, 2.24) is 0 Å². The van der Waals surface area contributed by atoms with E-state index in [1.165, 1.54) is 6.08 Å². The molecule has 5 rings (SSSR count). The van der Waals surface area contributed by atoms with Gasteiger partial charge in [-0.1, -0.05) is 6.08 Å². The van der Waals surface area contributed by atoms with E-state index in [9.17, 15) is 45.6 Å². The molecule has 246 valence electrons. The summed E-state index contributed by atoms with van der Waals surface area (Å²) in [6.45, 7) is -0.424. The van der Waals surface area contributed by atoms with Crippen molar-refractivity contribution in [3.8, 4) is 0 Å². The van der Waals surface area contributed by atoms with Crippen LogP contribution in [0.1, 0.15) is 64.2 Å². The van der Waals surface area contributed by atoms with Gasteiger partial charge in [0.15, 0.2) is 6.29 Å². The fourth-order valence-corrected chi connectivity index (χ4v) is 7.48. The number of carbonyl (C=O) groups excluding carboxylic acids is 1. The standard InChI is InChI=1S/C30H48O13/c31-16-5-3-15(4-6-16)29-23(12-18-20(34)10-17(32)11-22(18)41-29)42-30-28(39)27(38)26(37)24(43-30)13-40-25(36)8-2-14-1-7-19(33)21(35)9-14/h2,8,14-24,26-35,37-39H,1,3-7,9-13H2. The summed E-state index contributed by atoms with van der Waals surface area (Å²) in [7, 11) is 0. The van der Waals surface area contributed by atoms with Gasteiger partial charge >= 0.3 is 5.97 Å². The van der Waals surface area contributed by atoms with Gasteiger partial charge in [0.05, 0.1) is 48.8 Å². The molecule has 2 saturated heterocycles. The Morgan fingerprint density at radius 1 is 0.721 bits per heavy atom. The van der Waals surface area contributed by atoms with Crippen LogP contribution >= 0.6 is 0 Å². The van der Waals surface area contributed by atoms with Gasteiger partial charge in [-0.25, -0.2) is 4.79 Å². The van der Waals surface area contributed by atoms with E-state index in [2.05, 4.69) is 0 Å². The summed E-state index contributed by atoms with van der Waals surface area (Å²) in [5, 5.41) is 82.5. The van der Waals surface area contributed by atoms with E-state index in [1.54, 1.807) is 6.08 Å². The zero-order chi connectivity index (χ0) is 30.8. The molecule has 8 N–H and O–H groups in total. The summed E-state index contributed by atoms with van der Waals surface area (Å²) in [6.07, 6.45) is -4.64. The minimum Gasteiger partial charge on any atom is -0.460 e. The van der Waals surface area contributed by atoms with Crippen molar-refractivity contribution in [3.63, 3.8) is 0 Å². The second-order valence-corrected chi connectivity index (χ2v) is 13.2. The molecule has 5 aliphatic rings. The van der Waals surface area contributed by atoms with Gasteiger partial charge < -0.3 is 59.8 Å². The molecule has 3 aliphatic carbocycles. The highest BCUT2D eigenvalue weighted by Crippen LogP contribution is 2.43. The topological polar surface area (TPSA) is 216 Å². The van der Waals surface area contributed by atoms with Crippen molar-refractivity contribution >= 4 is 5.97 Å². The zero-order valence-corrected chi connectivity index (χ0v) is 24.3. The number of aliphatic hydroxyl groups is 8. The molecule has 0 amide bonds. The molecule has 14 atom stereocenters. The molecule has 2 aliphatic heterocycles. The number of hydrogen-bond acceptors (Lipinski definition) is 13. The largest absolute Gasteiger partial charge is 0.460 e. The molecule has 13 nitrogen and oxygen atoms in total. The quantitative estimate of drug-likeness (QED) is 0.123. The van der Waals surface area contributed by atoms with Crippen LogP contribution in [0.3, 0.4) is 0 Å². The van der Waals surface area contributed by atoms with Crippen LogP contribution in [-0.4, -0.2) is 133 Å². The summed E-state index contributed by atoms with van der Waals surface area (Å²) in [5.74, 6) is -1.10. The molecular weight excluding hydrogens is 568 g/mol. The molecule has 0 spiro atoms. The predicted octanol–water partition coefficient (Wildman–Crippen LogP) is -1.36. The number of rotatable bonds is 7. The van der Waals surface area contributed by atoms with Crippen molar-refractivity contribution in [2.75, 3.05) is 6.61 Å². The molecule has 3 saturated carbocycles. The van der Waals surface area contributed by atoms with Crippen molar-refractivity contribution in [2.24, 2.45) is 17.8 Å². The van der Waals surface area contributed by atoms with Crippen LogP contribution in [0.4, 0.5) is 0 Å². The number of hydrogen-bond donors (Lipinski definition) is 8. The molecule has 2 heterocycles. The number of ether oxygens (including phenoxy) is 4. The number of esters is 1. The molecule has 5 fully saturated rings. The first-order valence-corrected chi connectivity index (χ1v) is 15.8. The monoisotopic (exact) mass is 616 g/mol. The lowest BCUT2D eigenvalue weighted by atomic mass is 9.73. The van der Waals surface area contributed by atoms with E-state index in [0.717, 1.165) is 0 Å². The third kappa shape index (κ3) is 7.95. The number of fused-ring (bicyclic) bond motifs is 1. The van der Waals surface area contributed by atoms with E-state index < -0.39 is 79.9 Å². The lowest BCUT2D eigenvalue weighted by Crippen LogP contribution is -2.62. The highest BCUT2D eigenvalue weighted by atomic mass is 16.7.